The molecule has 0 bridgehead atoms. The number of benzene rings is 2. The van der Waals surface area contributed by atoms with Crippen molar-refractivity contribution in [3.63, 3.8) is 0 Å². The van der Waals surface area contributed by atoms with Gasteiger partial charge in [-0.25, -0.2) is 0 Å². The summed E-state index contributed by atoms with van der Waals surface area (Å²) in [5.74, 6) is 0. The van der Waals surface area contributed by atoms with Crippen molar-refractivity contribution in [3.05, 3.63) is 58.7 Å². The van der Waals surface area contributed by atoms with Crippen molar-refractivity contribution < 1.29 is 0 Å². The van der Waals surface area contributed by atoms with Crippen molar-refractivity contribution >= 4 is 0 Å². The fraction of sp³-hybridized carbons (Fsp3) is 0.368. The van der Waals surface area contributed by atoms with Crippen LogP contribution in [-0.2, 0) is 5.41 Å². The second-order valence-electron chi connectivity index (χ2n) is 6.64. The van der Waals surface area contributed by atoms with Crippen LogP contribution in [-0.4, -0.2) is 0 Å². The topological polar surface area (TPSA) is 0 Å². The van der Waals surface area contributed by atoms with Crippen LogP contribution in [0.15, 0.2) is 36.4 Å². The van der Waals surface area contributed by atoms with Gasteiger partial charge in [0, 0.05) is 0 Å². The van der Waals surface area contributed by atoms with Gasteiger partial charge in [-0.05, 0) is 54.0 Å². The maximum absolute atomic E-state index is 2.33. The minimum atomic E-state index is 0.195. The zero-order chi connectivity index (χ0) is 14.2. The molecule has 0 saturated heterocycles. The van der Waals surface area contributed by atoms with E-state index < -0.39 is 0 Å². The Labute approximate surface area is 117 Å². The van der Waals surface area contributed by atoms with Crippen LogP contribution in [0.3, 0.4) is 0 Å². The zero-order valence-corrected chi connectivity index (χ0v) is 13.0. The molecule has 0 N–H and O–H groups in total. The van der Waals surface area contributed by atoms with Crippen molar-refractivity contribution in [1.29, 1.82) is 0 Å². The second-order valence-corrected chi connectivity index (χ2v) is 6.64. The fourth-order valence-electron chi connectivity index (χ4n) is 2.30. The van der Waals surface area contributed by atoms with Crippen LogP contribution in [0.2, 0.25) is 0 Å². The van der Waals surface area contributed by atoms with Crippen molar-refractivity contribution in [2.45, 2.75) is 47.0 Å². The van der Waals surface area contributed by atoms with E-state index in [0.717, 1.165) is 0 Å². The predicted molar refractivity (Wildman–Crippen MR) is 84.8 cm³/mol. The number of hydrogen-bond donors (Lipinski definition) is 0. The summed E-state index contributed by atoms with van der Waals surface area (Å²) in [7, 11) is 0. The van der Waals surface area contributed by atoms with Crippen molar-refractivity contribution in [2.75, 3.05) is 0 Å². The van der Waals surface area contributed by atoms with E-state index in [9.17, 15) is 0 Å². The molecule has 19 heavy (non-hydrogen) atoms. The van der Waals surface area contributed by atoms with Gasteiger partial charge in [0.15, 0.2) is 0 Å². The average Bonchev–Trinajstić information content (AvgIpc) is 2.31. The lowest BCUT2D eigenvalue weighted by Gasteiger charge is -2.21. The molecule has 0 atom stereocenters. The summed E-state index contributed by atoms with van der Waals surface area (Å²) in [6, 6.07) is 13.6. The highest BCUT2D eigenvalue weighted by atomic mass is 14.2. The van der Waals surface area contributed by atoms with Crippen molar-refractivity contribution in [1.82, 2.24) is 0 Å². The molecule has 0 radical (unpaired) electrons. The van der Waals surface area contributed by atoms with E-state index in [1.165, 1.54) is 33.4 Å². The van der Waals surface area contributed by atoms with Gasteiger partial charge in [0.2, 0.25) is 0 Å². The maximum Gasteiger partial charge on any atom is -0.0132 e. The molecular weight excluding hydrogens is 228 g/mol. The van der Waals surface area contributed by atoms with E-state index in [2.05, 4.69) is 77.9 Å². The molecule has 0 aromatic heterocycles. The minimum absolute atomic E-state index is 0.195. The molecule has 0 heterocycles. The van der Waals surface area contributed by atoms with Gasteiger partial charge in [-0.3, -0.25) is 0 Å². The molecule has 0 aliphatic carbocycles. The first-order valence-electron chi connectivity index (χ1n) is 6.97. The largest absolute Gasteiger partial charge is 0.0584 e. The average molecular weight is 252 g/mol. The summed E-state index contributed by atoms with van der Waals surface area (Å²) in [6.45, 7) is 13.3. The van der Waals surface area contributed by atoms with Gasteiger partial charge in [-0.2, -0.15) is 0 Å². The lowest BCUT2D eigenvalue weighted by Crippen LogP contribution is -2.11. The maximum atomic E-state index is 2.33. The third kappa shape index (κ3) is 3.07. The minimum Gasteiger partial charge on any atom is -0.0584 e. The predicted octanol–water partition coefficient (Wildman–Crippen LogP) is 5.58. The Morgan fingerprint density at radius 3 is 1.95 bits per heavy atom. The molecular formula is C19H24. The van der Waals surface area contributed by atoms with Crippen molar-refractivity contribution in [2.24, 2.45) is 0 Å². The SMILES string of the molecule is Cc1cc(-c2ccc(C)c(C)c2)cc(C(C)(C)C)c1. The van der Waals surface area contributed by atoms with Crippen LogP contribution < -0.4 is 0 Å². The van der Waals surface area contributed by atoms with Gasteiger partial charge in [0.1, 0.15) is 0 Å². The summed E-state index contributed by atoms with van der Waals surface area (Å²) < 4.78 is 0. The first kappa shape index (κ1) is 13.9. The summed E-state index contributed by atoms with van der Waals surface area (Å²) in [6.07, 6.45) is 0. The van der Waals surface area contributed by atoms with E-state index in [-0.39, 0.29) is 5.41 Å². The molecule has 0 fully saturated rings. The zero-order valence-electron chi connectivity index (χ0n) is 13.0. The summed E-state index contributed by atoms with van der Waals surface area (Å²) in [4.78, 5) is 0. The van der Waals surface area contributed by atoms with E-state index in [0.29, 0.717) is 0 Å². The van der Waals surface area contributed by atoms with Crippen LogP contribution in [0.1, 0.15) is 43.0 Å². The molecule has 100 valence electrons. The fourth-order valence-corrected chi connectivity index (χ4v) is 2.30. The van der Waals surface area contributed by atoms with E-state index >= 15 is 0 Å². The van der Waals surface area contributed by atoms with Crippen LogP contribution >= 0.6 is 0 Å². The molecule has 0 saturated carbocycles. The molecule has 0 amide bonds. The summed E-state index contributed by atoms with van der Waals surface area (Å²) in [5.41, 5.74) is 8.29. The molecule has 2 rings (SSSR count). The van der Waals surface area contributed by atoms with Gasteiger partial charge >= 0.3 is 0 Å². The summed E-state index contributed by atoms with van der Waals surface area (Å²) in [5, 5.41) is 0. The van der Waals surface area contributed by atoms with E-state index in [1.807, 2.05) is 0 Å². The Kier molecular flexibility index (Phi) is 3.54. The molecule has 0 heteroatoms. The molecule has 0 nitrogen and oxygen atoms in total. The lowest BCUT2D eigenvalue weighted by atomic mass is 9.84. The Hall–Kier alpha value is -1.56. The summed E-state index contributed by atoms with van der Waals surface area (Å²) >= 11 is 0. The molecule has 2 aromatic rings. The molecule has 0 aliphatic rings. The second kappa shape index (κ2) is 4.85. The lowest BCUT2D eigenvalue weighted by molar-refractivity contribution is 0.590. The molecule has 0 unspecified atom stereocenters. The number of rotatable bonds is 1. The van der Waals surface area contributed by atoms with E-state index in [4.69, 9.17) is 0 Å². The highest BCUT2D eigenvalue weighted by Crippen LogP contribution is 2.30. The third-order valence-corrected chi connectivity index (χ3v) is 3.78. The quantitative estimate of drug-likeness (QED) is 0.622. The van der Waals surface area contributed by atoms with Crippen LogP contribution in [0.4, 0.5) is 0 Å². The molecule has 2 aromatic carbocycles. The standard InChI is InChI=1S/C19H24/c1-13-9-17(12-18(10-13)19(4,5)6)16-8-7-14(2)15(3)11-16/h7-12H,1-6H3. The third-order valence-electron chi connectivity index (χ3n) is 3.78. The first-order valence-corrected chi connectivity index (χ1v) is 6.97. The normalized spacial score (nSPS) is 11.7. The van der Waals surface area contributed by atoms with Crippen LogP contribution in [0, 0.1) is 20.8 Å². The van der Waals surface area contributed by atoms with Crippen molar-refractivity contribution in [3.8, 4) is 11.1 Å². The van der Waals surface area contributed by atoms with Gasteiger partial charge in [0.05, 0.1) is 0 Å². The highest BCUT2D eigenvalue weighted by molar-refractivity contribution is 5.67. The Balaban J connectivity index is 2.56. The Bertz CT molecular complexity index is 598. The van der Waals surface area contributed by atoms with E-state index in [1.54, 1.807) is 0 Å². The highest BCUT2D eigenvalue weighted by Gasteiger charge is 2.15. The van der Waals surface area contributed by atoms with Crippen LogP contribution in [0.5, 0.6) is 0 Å². The Morgan fingerprint density at radius 2 is 1.37 bits per heavy atom. The number of aryl methyl sites for hydroxylation is 3. The monoisotopic (exact) mass is 252 g/mol. The first-order chi connectivity index (χ1) is 8.77. The number of hydrogen-bond acceptors (Lipinski definition) is 0. The van der Waals surface area contributed by atoms with Crippen LogP contribution in [0.25, 0.3) is 11.1 Å². The Morgan fingerprint density at radius 1 is 0.684 bits per heavy atom. The van der Waals surface area contributed by atoms with Gasteiger partial charge < -0.3 is 0 Å². The molecule has 0 spiro atoms. The smallest absolute Gasteiger partial charge is 0.0132 e. The molecule has 0 aliphatic heterocycles. The van der Waals surface area contributed by atoms with Gasteiger partial charge in [-0.15, -0.1) is 0 Å². The van der Waals surface area contributed by atoms with Gasteiger partial charge in [0.25, 0.3) is 0 Å². The van der Waals surface area contributed by atoms with Gasteiger partial charge in [-0.1, -0.05) is 62.7 Å².